The van der Waals surface area contributed by atoms with Crippen LogP contribution in [0.1, 0.15) is 38.6 Å². The van der Waals surface area contributed by atoms with Gasteiger partial charge in [-0.2, -0.15) is 18.4 Å². The fourth-order valence-electron chi connectivity index (χ4n) is 3.45. The molecule has 208 valence electrons. The Hall–Kier alpha value is -5.47. The van der Waals surface area contributed by atoms with E-state index in [0.29, 0.717) is 5.56 Å². The molecule has 0 saturated heterocycles. The number of carbonyl (C=O) groups is 2. The van der Waals surface area contributed by atoms with Crippen molar-refractivity contribution in [3.05, 3.63) is 82.9 Å². The Morgan fingerprint density at radius 3 is 2.59 bits per heavy atom. The van der Waals surface area contributed by atoms with Gasteiger partial charge in [-0.15, -0.1) is 0 Å². The minimum atomic E-state index is -4.80. The molecule has 0 aliphatic rings. The summed E-state index contributed by atoms with van der Waals surface area (Å²) in [7, 11) is 3.48. The van der Waals surface area contributed by atoms with Gasteiger partial charge in [0.2, 0.25) is 5.91 Å². The van der Waals surface area contributed by atoms with Crippen LogP contribution < -0.4 is 10.6 Å². The maximum Gasteiger partial charge on any atom is 0.433 e. The number of rotatable bonds is 6. The lowest BCUT2D eigenvalue weighted by Crippen LogP contribution is -2.27. The van der Waals surface area contributed by atoms with Crippen LogP contribution in [0.25, 0.3) is 5.69 Å². The Morgan fingerprint density at radius 1 is 1.12 bits per heavy atom. The topological polar surface area (TPSA) is 142 Å². The van der Waals surface area contributed by atoms with Gasteiger partial charge in [0.15, 0.2) is 11.5 Å². The number of alkyl halides is 3. The molecule has 4 rings (SSSR count). The normalized spacial score (nSPS) is 11.0. The first-order valence-corrected chi connectivity index (χ1v) is 11.8. The van der Waals surface area contributed by atoms with E-state index in [0.717, 1.165) is 11.6 Å². The zero-order chi connectivity index (χ0) is 29.7. The first-order chi connectivity index (χ1) is 19.4. The summed E-state index contributed by atoms with van der Waals surface area (Å²) < 4.78 is 47.2. The smallest absolute Gasteiger partial charge is 0.415 e. The van der Waals surface area contributed by atoms with Gasteiger partial charge >= 0.3 is 12.2 Å². The molecule has 2 amide bonds. The number of aromatic nitrogens is 4. The van der Waals surface area contributed by atoms with Gasteiger partial charge in [-0.05, 0) is 50.7 Å². The highest BCUT2D eigenvalue weighted by atomic mass is 19.4. The molecule has 3 aromatic heterocycles. The van der Waals surface area contributed by atoms with Gasteiger partial charge < -0.3 is 19.2 Å². The average molecular weight is 563 g/mol. The maximum atomic E-state index is 13.5. The number of amides is 2. The zero-order valence-electron chi connectivity index (χ0n) is 21.9. The number of aryl methyl sites for hydroxylation is 1. The fraction of sp³-hybridized carbons (Fsp3) is 0.185. The number of halogens is 3. The van der Waals surface area contributed by atoms with Crippen LogP contribution in [-0.4, -0.2) is 56.9 Å². The minimum absolute atomic E-state index is 0.00332. The van der Waals surface area contributed by atoms with E-state index in [1.54, 1.807) is 38.1 Å². The highest BCUT2D eigenvalue weighted by Crippen LogP contribution is 2.30. The summed E-state index contributed by atoms with van der Waals surface area (Å²) in [5, 5.41) is 13.9. The van der Waals surface area contributed by atoms with E-state index < -0.39 is 17.8 Å². The highest BCUT2D eigenvalue weighted by Gasteiger charge is 2.33. The number of likely N-dealkylation sites (N-methyl/N-ethyl adjacent to an activating group) is 1. The maximum absolute atomic E-state index is 13.5. The van der Waals surface area contributed by atoms with Gasteiger partial charge in [0.25, 0.3) is 5.91 Å². The van der Waals surface area contributed by atoms with E-state index in [4.69, 9.17) is 9.68 Å². The Labute approximate surface area is 231 Å². The molecule has 0 bridgehead atoms. The van der Waals surface area contributed by atoms with E-state index in [-0.39, 0.29) is 47.0 Å². The number of pyridine rings is 1. The highest BCUT2D eigenvalue weighted by molar-refractivity contribution is 6.04. The van der Waals surface area contributed by atoms with E-state index in [1.165, 1.54) is 41.5 Å². The molecule has 0 spiro atoms. The second-order valence-electron chi connectivity index (χ2n) is 8.92. The molecule has 0 aliphatic heterocycles. The standard InChI is InChI=1S/C27H21F3N8O3/c1-16-4-5-18(8-17(16)6-7-21-12-32-26(41-21)36-24(39)14-37(2)3)25(40)35-23-10-20(9-22(34-23)27(28,29)30)38-13-19(11-31)33-15-38/h4-5,8-10,12-13,15H,14H2,1-3H3,(H,32,36,39)(H,34,35,40). The molecule has 0 unspecified atom stereocenters. The molecule has 2 N–H and O–H groups in total. The lowest BCUT2D eigenvalue weighted by Gasteiger charge is -2.13. The van der Waals surface area contributed by atoms with Crippen molar-refractivity contribution >= 4 is 23.6 Å². The zero-order valence-corrected chi connectivity index (χ0v) is 21.9. The Bertz CT molecular complexity index is 1720. The summed E-state index contributed by atoms with van der Waals surface area (Å²) in [6, 6.07) is 8.38. The Balaban J connectivity index is 1.55. The van der Waals surface area contributed by atoms with Crippen LogP contribution in [0.4, 0.5) is 25.0 Å². The summed E-state index contributed by atoms with van der Waals surface area (Å²) >= 11 is 0. The van der Waals surface area contributed by atoms with Gasteiger partial charge in [-0.1, -0.05) is 12.0 Å². The predicted octanol–water partition coefficient (Wildman–Crippen LogP) is 3.61. The van der Waals surface area contributed by atoms with Crippen LogP contribution in [0, 0.1) is 30.1 Å². The molecular weight excluding hydrogens is 541 g/mol. The molecule has 41 heavy (non-hydrogen) atoms. The van der Waals surface area contributed by atoms with Gasteiger partial charge in [0, 0.05) is 23.4 Å². The molecule has 1 aromatic carbocycles. The summed E-state index contributed by atoms with van der Waals surface area (Å²) in [6.07, 6.45) is -1.03. The second-order valence-corrected chi connectivity index (χ2v) is 8.92. The molecular formula is C27H21F3N8O3. The van der Waals surface area contributed by atoms with Crippen molar-refractivity contribution in [1.82, 2.24) is 24.4 Å². The van der Waals surface area contributed by atoms with Crippen molar-refractivity contribution in [2.75, 3.05) is 31.3 Å². The Morgan fingerprint density at radius 2 is 1.90 bits per heavy atom. The molecule has 14 heteroatoms. The molecule has 0 saturated carbocycles. The first-order valence-electron chi connectivity index (χ1n) is 11.8. The van der Waals surface area contributed by atoms with Gasteiger partial charge in [-0.25, -0.2) is 15.0 Å². The summed E-state index contributed by atoms with van der Waals surface area (Å²) in [4.78, 5) is 37.8. The SMILES string of the molecule is Cc1ccc(C(=O)Nc2cc(-n3cnc(C#N)c3)cc(C(F)(F)F)n2)cc1C#Cc1cnc(NC(=O)CN(C)C)o1. The van der Waals surface area contributed by atoms with Crippen LogP contribution >= 0.6 is 0 Å². The van der Waals surface area contributed by atoms with E-state index in [1.807, 2.05) is 0 Å². The largest absolute Gasteiger partial charge is 0.433 e. The fourth-order valence-corrected chi connectivity index (χ4v) is 3.45. The van der Waals surface area contributed by atoms with Crippen molar-refractivity contribution in [2.45, 2.75) is 13.1 Å². The molecule has 11 nitrogen and oxygen atoms in total. The van der Waals surface area contributed by atoms with Crippen molar-refractivity contribution in [3.63, 3.8) is 0 Å². The van der Waals surface area contributed by atoms with Crippen molar-refractivity contribution in [3.8, 4) is 23.6 Å². The molecule has 4 aromatic rings. The molecule has 0 aliphatic carbocycles. The molecule has 0 fully saturated rings. The number of hydrogen-bond donors (Lipinski definition) is 2. The van der Waals surface area contributed by atoms with Crippen molar-refractivity contribution < 1.29 is 27.2 Å². The third kappa shape index (κ3) is 7.35. The van der Waals surface area contributed by atoms with Crippen molar-refractivity contribution in [1.29, 1.82) is 5.26 Å². The van der Waals surface area contributed by atoms with Crippen LogP contribution in [0.2, 0.25) is 0 Å². The minimum Gasteiger partial charge on any atom is -0.415 e. The van der Waals surface area contributed by atoms with Crippen LogP contribution in [-0.2, 0) is 11.0 Å². The van der Waals surface area contributed by atoms with E-state index >= 15 is 0 Å². The third-order valence-corrected chi connectivity index (χ3v) is 5.37. The van der Waals surface area contributed by atoms with E-state index in [2.05, 4.69) is 37.4 Å². The quantitative estimate of drug-likeness (QED) is 0.340. The Kier molecular flexibility index (Phi) is 8.16. The van der Waals surface area contributed by atoms with Crippen LogP contribution in [0.15, 0.2) is 53.5 Å². The predicted molar refractivity (Wildman–Crippen MR) is 140 cm³/mol. The lowest BCUT2D eigenvalue weighted by molar-refractivity contribution is -0.141. The number of benzene rings is 1. The monoisotopic (exact) mass is 562 g/mol. The number of hydrogen-bond acceptors (Lipinski definition) is 8. The first kappa shape index (κ1) is 28.5. The lowest BCUT2D eigenvalue weighted by atomic mass is 10.0. The van der Waals surface area contributed by atoms with Crippen LogP contribution in [0.3, 0.4) is 0 Å². The number of nitrogens with zero attached hydrogens (tertiary/aromatic N) is 6. The number of carbonyl (C=O) groups excluding carboxylic acids is 2. The summed E-state index contributed by atoms with van der Waals surface area (Å²) in [5.74, 6) is 4.41. The second kappa shape index (κ2) is 11.7. The molecule has 3 heterocycles. The third-order valence-electron chi connectivity index (χ3n) is 5.37. The molecule has 0 radical (unpaired) electrons. The number of nitriles is 1. The number of imidazole rings is 1. The average Bonchev–Trinajstić information content (AvgIpc) is 3.56. The number of anilines is 2. The van der Waals surface area contributed by atoms with Gasteiger partial charge in [-0.3, -0.25) is 14.9 Å². The van der Waals surface area contributed by atoms with Gasteiger partial charge in [0.05, 0.1) is 18.4 Å². The van der Waals surface area contributed by atoms with Crippen LogP contribution in [0.5, 0.6) is 0 Å². The van der Waals surface area contributed by atoms with Crippen molar-refractivity contribution in [2.24, 2.45) is 0 Å². The number of nitrogens with one attached hydrogen (secondary N) is 2. The number of oxazole rings is 1. The summed E-state index contributed by atoms with van der Waals surface area (Å²) in [6.45, 7) is 1.90. The van der Waals surface area contributed by atoms with E-state index in [9.17, 15) is 22.8 Å². The van der Waals surface area contributed by atoms with Gasteiger partial charge in [0.1, 0.15) is 23.9 Å². The molecule has 0 atom stereocenters. The summed E-state index contributed by atoms with van der Waals surface area (Å²) in [5.41, 5.74) is 0.0520.